The van der Waals surface area contributed by atoms with Crippen molar-refractivity contribution in [3.63, 3.8) is 0 Å². The predicted molar refractivity (Wildman–Crippen MR) is 107 cm³/mol. The van der Waals surface area contributed by atoms with E-state index < -0.39 is 23.3 Å². The van der Waals surface area contributed by atoms with Crippen LogP contribution >= 0.6 is 24.0 Å². The molecule has 0 aliphatic heterocycles. The number of thiol groups is 1. The normalized spacial score (nSPS) is 11.6. The summed E-state index contributed by atoms with van der Waals surface area (Å²) in [6.07, 6.45) is -0.0122. The Morgan fingerprint density at radius 3 is 2.41 bits per heavy atom. The van der Waals surface area contributed by atoms with Crippen molar-refractivity contribution in [1.82, 2.24) is 4.98 Å². The zero-order valence-corrected chi connectivity index (χ0v) is 16.7. The van der Waals surface area contributed by atoms with Gasteiger partial charge in [-0.1, -0.05) is 35.6 Å². The Kier molecular flexibility index (Phi) is 6.01. The van der Waals surface area contributed by atoms with Crippen LogP contribution in [0.5, 0.6) is 0 Å². The monoisotopic (exact) mass is 438 g/mol. The zero-order chi connectivity index (χ0) is 21.3. The van der Waals surface area contributed by atoms with E-state index in [9.17, 15) is 28.9 Å². The number of amides is 1. The molecule has 152 valence electrons. The van der Waals surface area contributed by atoms with Gasteiger partial charge in [-0.15, -0.1) is 12.6 Å². The van der Waals surface area contributed by atoms with Gasteiger partial charge >= 0.3 is 5.97 Å². The molecule has 1 heterocycles. The topological polar surface area (TPSA) is 93.9 Å². The number of likely N-dealkylation sites (N-methyl/N-ethyl adjacent to an activating group) is 1. The molecular weight excluding hydrogens is 422 g/mol. The first-order chi connectivity index (χ1) is 13.6. The smallest absolute Gasteiger partial charge is 0.324 e. The van der Waals surface area contributed by atoms with E-state index in [4.69, 9.17) is 0 Å². The third kappa shape index (κ3) is 4.80. The maximum atomic E-state index is 13.9. The van der Waals surface area contributed by atoms with Crippen molar-refractivity contribution in [2.45, 2.75) is 16.6 Å². The predicted octanol–water partition coefficient (Wildman–Crippen LogP) is 2.67. The van der Waals surface area contributed by atoms with Crippen LogP contribution in [0.1, 0.15) is 11.3 Å². The fourth-order valence-corrected chi connectivity index (χ4v) is 3.86. The highest BCUT2D eigenvalue weighted by atomic mass is 32.2. The molecule has 0 aliphatic carbocycles. The number of aliphatic hydroxyl groups is 3. The fourth-order valence-electron chi connectivity index (χ4n) is 2.58. The first-order valence-corrected chi connectivity index (χ1v) is 9.51. The Morgan fingerprint density at radius 1 is 1.17 bits per heavy atom. The molecule has 1 aromatic heterocycles. The van der Waals surface area contributed by atoms with Crippen LogP contribution in [0.4, 0.5) is 13.9 Å². The average molecular weight is 438 g/mol. The molecule has 0 fully saturated rings. The number of benzene rings is 2. The summed E-state index contributed by atoms with van der Waals surface area (Å²) < 4.78 is 27.3. The van der Waals surface area contributed by atoms with Gasteiger partial charge in [-0.2, -0.15) is 0 Å². The number of aromatic nitrogens is 1. The second kappa shape index (κ2) is 8.17. The van der Waals surface area contributed by atoms with Gasteiger partial charge in [0.1, 0.15) is 11.6 Å². The Balaban J connectivity index is 1.75. The van der Waals surface area contributed by atoms with Gasteiger partial charge in [0.25, 0.3) is 0 Å². The molecule has 0 saturated heterocycles. The van der Waals surface area contributed by atoms with E-state index in [1.165, 1.54) is 11.9 Å². The van der Waals surface area contributed by atoms with Gasteiger partial charge in [-0.3, -0.25) is 9.69 Å². The summed E-state index contributed by atoms with van der Waals surface area (Å²) in [5.41, 5.74) is 0.756. The molecule has 6 nitrogen and oxygen atoms in total. The molecular formula is C19H16F2N2O4S2. The molecule has 10 heteroatoms. The minimum Gasteiger partial charge on any atom is -0.338 e. The summed E-state index contributed by atoms with van der Waals surface area (Å²) in [4.78, 5) is 17.5. The Morgan fingerprint density at radius 2 is 1.83 bits per heavy atom. The van der Waals surface area contributed by atoms with Crippen LogP contribution in [-0.4, -0.2) is 33.3 Å². The van der Waals surface area contributed by atoms with Crippen molar-refractivity contribution >= 4 is 35.0 Å². The first-order valence-electron chi connectivity index (χ1n) is 8.24. The summed E-state index contributed by atoms with van der Waals surface area (Å²) in [7, 11) is 1.45. The second-order valence-electron chi connectivity index (χ2n) is 6.24. The summed E-state index contributed by atoms with van der Waals surface area (Å²) in [6, 6.07) is 9.62. The van der Waals surface area contributed by atoms with Crippen LogP contribution in [0, 0.1) is 11.6 Å². The van der Waals surface area contributed by atoms with E-state index in [-0.39, 0.29) is 27.2 Å². The van der Waals surface area contributed by atoms with Gasteiger partial charge in [-0.25, -0.2) is 13.8 Å². The number of halogens is 2. The summed E-state index contributed by atoms with van der Waals surface area (Å²) in [6.45, 7) is 0. The quantitative estimate of drug-likeness (QED) is 0.363. The Hall–Kier alpha value is -2.37. The minimum atomic E-state index is -3.16. The molecule has 1 amide bonds. The Bertz CT molecular complexity index is 1050. The van der Waals surface area contributed by atoms with E-state index in [1.807, 2.05) is 0 Å². The van der Waals surface area contributed by atoms with E-state index in [1.54, 1.807) is 24.3 Å². The lowest BCUT2D eigenvalue weighted by molar-refractivity contribution is -0.327. The van der Waals surface area contributed by atoms with E-state index >= 15 is 0 Å². The Labute approximate surface area is 174 Å². The second-order valence-corrected chi connectivity index (χ2v) is 7.96. The van der Waals surface area contributed by atoms with Crippen LogP contribution < -0.4 is 4.90 Å². The standard InChI is InChI=1S/C19H16F2N2O4S2/c1-23(18-22-16(17(28)29-18)19(25,26)27)15(24)8-10-2-4-11(5-3-10)13-9-12(20)6-7-14(13)21/h2-7,9,25-28H,8H2,1H3. The maximum Gasteiger partial charge on any atom is 0.324 e. The van der Waals surface area contributed by atoms with Crippen molar-refractivity contribution in [2.75, 3.05) is 11.9 Å². The number of rotatable bonds is 5. The van der Waals surface area contributed by atoms with Crippen LogP contribution in [-0.2, 0) is 17.2 Å². The van der Waals surface area contributed by atoms with Gasteiger partial charge in [0.15, 0.2) is 10.8 Å². The van der Waals surface area contributed by atoms with Gasteiger partial charge in [0, 0.05) is 12.6 Å². The molecule has 3 aromatic rings. The number of carbonyl (C=O) groups is 1. The highest BCUT2D eigenvalue weighted by Crippen LogP contribution is 2.33. The van der Waals surface area contributed by atoms with Crippen molar-refractivity contribution in [3.8, 4) is 11.1 Å². The molecule has 0 aliphatic rings. The molecule has 0 bridgehead atoms. The van der Waals surface area contributed by atoms with Crippen molar-refractivity contribution < 1.29 is 28.9 Å². The average Bonchev–Trinajstić information content (AvgIpc) is 3.06. The molecule has 0 atom stereocenters. The van der Waals surface area contributed by atoms with Crippen LogP contribution in [0.2, 0.25) is 0 Å². The lowest BCUT2D eigenvalue weighted by Crippen LogP contribution is -2.29. The highest BCUT2D eigenvalue weighted by molar-refractivity contribution is 7.83. The molecule has 29 heavy (non-hydrogen) atoms. The van der Waals surface area contributed by atoms with Crippen molar-refractivity contribution in [1.29, 1.82) is 0 Å². The third-order valence-electron chi connectivity index (χ3n) is 4.13. The van der Waals surface area contributed by atoms with Gasteiger partial charge in [-0.05, 0) is 29.3 Å². The third-order valence-corrected chi connectivity index (χ3v) is 5.55. The zero-order valence-electron chi connectivity index (χ0n) is 15.0. The van der Waals surface area contributed by atoms with E-state index in [0.29, 0.717) is 11.1 Å². The summed E-state index contributed by atoms with van der Waals surface area (Å²) in [5, 5.41) is 27.9. The summed E-state index contributed by atoms with van der Waals surface area (Å²) >= 11 is 4.91. The van der Waals surface area contributed by atoms with Crippen LogP contribution in [0.25, 0.3) is 11.1 Å². The molecule has 3 rings (SSSR count). The SMILES string of the molecule is CN(C(=O)Cc1ccc(-c2cc(F)ccc2F)cc1)c1nc(C(O)(O)O)c(S)s1. The molecule has 0 radical (unpaired) electrons. The maximum absolute atomic E-state index is 13.9. The lowest BCUT2D eigenvalue weighted by Gasteiger charge is -2.15. The highest BCUT2D eigenvalue weighted by Gasteiger charge is 2.30. The number of hydrogen-bond acceptors (Lipinski definition) is 7. The molecule has 0 spiro atoms. The fraction of sp³-hybridized carbons (Fsp3) is 0.158. The minimum absolute atomic E-state index is 0.0122. The lowest BCUT2D eigenvalue weighted by atomic mass is 10.0. The van der Waals surface area contributed by atoms with Gasteiger partial charge in [0.2, 0.25) is 5.91 Å². The van der Waals surface area contributed by atoms with Crippen molar-refractivity contribution in [2.24, 2.45) is 0 Å². The number of thiazole rings is 1. The molecule has 2 aromatic carbocycles. The molecule has 3 N–H and O–H groups in total. The number of anilines is 1. The largest absolute Gasteiger partial charge is 0.338 e. The van der Waals surface area contributed by atoms with E-state index in [0.717, 1.165) is 29.5 Å². The number of hydrogen-bond donors (Lipinski definition) is 4. The van der Waals surface area contributed by atoms with Crippen LogP contribution in [0.15, 0.2) is 46.7 Å². The van der Waals surface area contributed by atoms with E-state index in [2.05, 4.69) is 17.6 Å². The van der Waals surface area contributed by atoms with Gasteiger partial charge in [0.05, 0.1) is 10.6 Å². The summed E-state index contributed by atoms with van der Waals surface area (Å²) in [5.74, 6) is -4.61. The van der Waals surface area contributed by atoms with Crippen LogP contribution in [0.3, 0.4) is 0 Å². The van der Waals surface area contributed by atoms with Crippen molar-refractivity contribution in [3.05, 3.63) is 65.4 Å². The molecule has 0 unspecified atom stereocenters. The number of nitrogens with zero attached hydrogens (tertiary/aromatic N) is 2. The number of carbonyl (C=O) groups excluding carboxylic acids is 1. The molecule has 0 saturated carbocycles. The van der Waals surface area contributed by atoms with Gasteiger partial charge < -0.3 is 15.3 Å². The first kappa shape index (κ1) is 21.3.